The van der Waals surface area contributed by atoms with Crippen LogP contribution < -0.4 is 9.64 Å². The van der Waals surface area contributed by atoms with Crippen LogP contribution >= 0.6 is 0 Å². The predicted molar refractivity (Wildman–Crippen MR) is 132 cm³/mol. The Morgan fingerprint density at radius 2 is 1.94 bits per heavy atom. The standard InChI is InChI=1S/C25H26N8O2/c1-31-17-18(15-27-31)7-11-35-25-28-23(32-9-12-34-13-10-32)14-24(29-25)33-8-6-22(30-33)20-16-26-21-5-3-2-4-19(20)21/h2-6,8,14-17,26H,7,9-13H2,1H3. The molecular weight excluding hydrogens is 444 g/mol. The summed E-state index contributed by atoms with van der Waals surface area (Å²) in [5, 5.41) is 10.2. The van der Waals surface area contributed by atoms with Gasteiger partial charge in [0, 0.05) is 67.7 Å². The van der Waals surface area contributed by atoms with Gasteiger partial charge in [0.2, 0.25) is 0 Å². The largest absolute Gasteiger partial charge is 0.463 e. The number of hydrogen-bond acceptors (Lipinski definition) is 7. The number of aromatic nitrogens is 7. The van der Waals surface area contributed by atoms with E-state index in [9.17, 15) is 0 Å². The maximum atomic E-state index is 5.99. The number of morpholine rings is 1. The monoisotopic (exact) mass is 470 g/mol. The summed E-state index contributed by atoms with van der Waals surface area (Å²) in [7, 11) is 1.90. The molecule has 5 aromatic rings. The van der Waals surface area contributed by atoms with Crippen molar-refractivity contribution in [3.63, 3.8) is 0 Å². The number of para-hydroxylation sites is 1. The predicted octanol–water partition coefficient (Wildman–Crippen LogP) is 3.00. The van der Waals surface area contributed by atoms with Crippen LogP contribution in [0.3, 0.4) is 0 Å². The van der Waals surface area contributed by atoms with E-state index in [1.165, 1.54) is 0 Å². The van der Waals surface area contributed by atoms with Crippen molar-refractivity contribution in [1.29, 1.82) is 0 Å². The van der Waals surface area contributed by atoms with Crippen LogP contribution in [-0.2, 0) is 18.2 Å². The Labute approximate surface area is 202 Å². The highest BCUT2D eigenvalue weighted by molar-refractivity contribution is 5.94. The van der Waals surface area contributed by atoms with Gasteiger partial charge >= 0.3 is 6.01 Å². The molecule has 0 bridgehead atoms. The number of hydrogen-bond donors (Lipinski definition) is 1. The van der Waals surface area contributed by atoms with Crippen LogP contribution in [0.25, 0.3) is 28.0 Å². The summed E-state index contributed by atoms with van der Waals surface area (Å²) in [6.07, 6.45) is 8.46. The van der Waals surface area contributed by atoms with E-state index in [1.54, 1.807) is 9.36 Å². The molecule has 1 aliphatic heterocycles. The molecule has 0 spiro atoms. The normalized spacial score (nSPS) is 14.0. The number of ether oxygens (including phenoxy) is 2. The Morgan fingerprint density at radius 1 is 1.09 bits per heavy atom. The van der Waals surface area contributed by atoms with Crippen molar-refractivity contribution in [3.05, 3.63) is 66.7 Å². The van der Waals surface area contributed by atoms with Gasteiger partial charge in [-0.25, -0.2) is 4.68 Å². The van der Waals surface area contributed by atoms with Crippen LogP contribution in [0.1, 0.15) is 5.56 Å². The van der Waals surface area contributed by atoms with Gasteiger partial charge in [-0.2, -0.15) is 20.2 Å². The van der Waals surface area contributed by atoms with Crippen molar-refractivity contribution in [2.45, 2.75) is 6.42 Å². The number of aromatic amines is 1. The number of H-pyrrole nitrogens is 1. The van der Waals surface area contributed by atoms with Crippen LogP contribution in [-0.4, -0.2) is 67.4 Å². The Balaban J connectivity index is 1.29. The minimum Gasteiger partial charge on any atom is -0.463 e. The molecule has 0 atom stereocenters. The van der Waals surface area contributed by atoms with Crippen molar-refractivity contribution in [3.8, 4) is 23.1 Å². The van der Waals surface area contributed by atoms with Gasteiger partial charge in [0.1, 0.15) is 5.82 Å². The number of fused-ring (bicyclic) bond motifs is 1. The fourth-order valence-electron chi connectivity index (χ4n) is 4.28. The second-order valence-electron chi connectivity index (χ2n) is 8.48. The van der Waals surface area contributed by atoms with E-state index in [0.717, 1.165) is 53.1 Å². The molecule has 0 saturated carbocycles. The molecule has 35 heavy (non-hydrogen) atoms. The van der Waals surface area contributed by atoms with Crippen LogP contribution in [0, 0.1) is 0 Å². The van der Waals surface area contributed by atoms with Crippen molar-refractivity contribution in [2.75, 3.05) is 37.8 Å². The summed E-state index contributed by atoms with van der Waals surface area (Å²) in [6, 6.07) is 12.5. The lowest BCUT2D eigenvalue weighted by Crippen LogP contribution is -2.37. The number of nitrogens with one attached hydrogen (secondary N) is 1. The molecule has 1 fully saturated rings. The minimum absolute atomic E-state index is 0.331. The molecule has 178 valence electrons. The average molecular weight is 471 g/mol. The second-order valence-corrected chi connectivity index (χ2v) is 8.48. The van der Waals surface area contributed by atoms with Crippen molar-refractivity contribution in [1.82, 2.24) is 34.5 Å². The summed E-state index contributed by atoms with van der Waals surface area (Å²) in [5.74, 6) is 1.46. The van der Waals surface area contributed by atoms with Gasteiger partial charge in [-0.05, 0) is 17.7 Å². The van der Waals surface area contributed by atoms with E-state index in [0.29, 0.717) is 31.6 Å². The molecule has 1 aliphatic rings. The van der Waals surface area contributed by atoms with Crippen molar-refractivity contribution < 1.29 is 9.47 Å². The van der Waals surface area contributed by atoms with Crippen LogP contribution in [0.5, 0.6) is 6.01 Å². The summed E-state index contributed by atoms with van der Waals surface area (Å²) >= 11 is 0. The highest BCUT2D eigenvalue weighted by Crippen LogP contribution is 2.28. The molecule has 1 N–H and O–H groups in total. The first kappa shape index (κ1) is 21.4. The van der Waals surface area contributed by atoms with E-state index in [2.05, 4.69) is 37.1 Å². The molecule has 5 heterocycles. The second kappa shape index (κ2) is 9.22. The highest BCUT2D eigenvalue weighted by Gasteiger charge is 2.17. The quantitative estimate of drug-likeness (QED) is 0.390. The lowest BCUT2D eigenvalue weighted by atomic mass is 10.1. The molecular formula is C25H26N8O2. The minimum atomic E-state index is 0.331. The fourth-order valence-corrected chi connectivity index (χ4v) is 4.28. The first-order valence-electron chi connectivity index (χ1n) is 11.7. The third kappa shape index (κ3) is 4.47. The van der Waals surface area contributed by atoms with E-state index < -0.39 is 0 Å². The molecule has 0 radical (unpaired) electrons. The molecule has 0 amide bonds. The van der Waals surface area contributed by atoms with E-state index >= 15 is 0 Å². The Hall–Kier alpha value is -4.18. The van der Waals surface area contributed by atoms with Crippen molar-refractivity contribution >= 4 is 16.7 Å². The number of nitrogens with zero attached hydrogens (tertiary/aromatic N) is 7. The number of aryl methyl sites for hydroxylation is 1. The summed E-state index contributed by atoms with van der Waals surface area (Å²) < 4.78 is 15.1. The smallest absolute Gasteiger partial charge is 0.320 e. The summed E-state index contributed by atoms with van der Waals surface area (Å²) in [5.41, 5.74) is 4.10. The van der Waals surface area contributed by atoms with E-state index in [-0.39, 0.29) is 0 Å². The molecule has 0 aliphatic carbocycles. The third-order valence-corrected chi connectivity index (χ3v) is 6.08. The first-order chi connectivity index (χ1) is 17.2. The fraction of sp³-hybridized carbons (Fsp3) is 0.280. The zero-order valence-corrected chi connectivity index (χ0v) is 19.5. The molecule has 10 heteroatoms. The van der Waals surface area contributed by atoms with Gasteiger partial charge in [0.15, 0.2) is 5.82 Å². The maximum absolute atomic E-state index is 5.99. The highest BCUT2D eigenvalue weighted by atomic mass is 16.5. The van der Waals surface area contributed by atoms with E-state index in [1.807, 2.05) is 56.1 Å². The van der Waals surface area contributed by atoms with Gasteiger partial charge in [0.05, 0.1) is 31.7 Å². The third-order valence-electron chi connectivity index (χ3n) is 6.08. The number of benzene rings is 1. The summed E-state index contributed by atoms with van der Waals surface area (Å²) in [6.45, 7) is 3.33. The Morgan fingerprint density at radius 3 is 2.80 bits per heavy atom. The van der Waals surface area contributed by atoms with Gasteiger partial charge in [-0.3, -0.25) is 4.68 Å². The van der Waals surface area contributed by atoms with Crippen LogP contribution in [0.4, 0.5) is 5.82 Å². The van der Waals surface area contributed by atoms with Gasteiger partial charge in [0.25, 0.3) is 0 Å². The maximum Gasteiger partial charge on any atom is 0.320 e. The molecule has 1 aromatic carbocycles. The van der Waals surface area contributed by atoms with Gasteiger partial charge in [-0.15, -0.1) is 0 Å². The summed E-state index contributed by atoms with van der Waals surface area (Å²) in [4.78, 5) is 14.9. The number of anilines is 1. The number of rotatable bonds is 7. The van der Waals surface area contributed by atoms with E-state index in [4.69, 9.17) is 14.6 Å². The average Bonchev–Trinajstić information content (AvgIpc) is 3.64. The van der Waals surface area contributed by atoms with Crippen LogP contribution in [0.15, 0.2) is 61.2 Å². The van der Waals surface area contributed by atoms with Gasteiger partial charge in [-0.1, -0.05) is 18.2 Å². The van der Waals surface area contributed by atoms with Gasteiger partial charge < -0.3 is 19.4 Å². The Bertz CT molecular complexity index is 1450. The van der Waals surface area contributed by atoms with Crippen molar-refractivity contribution in [2.24, 2.45) is 7.05 Å². The molecule has 6 rings (SSSR count). The molecule has 10 nitrogen and oxygen atoms in total. The van der Waals surface area contributed by atoms with Crippen LogP contribution in [0.2, 0.25) is 0 Å². The SMILES string of the molecule is Cn1cc(CCOc2nc(N3CCOCC3)cc(-n3ccc(-c4c[nH]c5ccccc45)n3)n2)cn1. The Kier molecular flexibility index (Phi) is 5.63. The topological polar surface area (TPSA) is 98.9 Å². The lowest BCUT2D eigenvalue weighted by Gasteiger charge is -2.28. The molecule has 4 aromatic heterocycles. The first-order valence-corrected chi connectivity index (χ1v) is 11.7. The molecule has 0 unspecified atom stereocenters. The molecule has 1 saturated heterocycles. The lowest BCUT2D eigenvalue weighted by molar-refractivity contribution is 0.122. The zero-order valence-electron chi connectivity index (χ0n) is 19.5. The zero-order chi connectivity index (χ0) is 23.6.